The van der Waals surface area contributed by atoms with E-state index < -0.39 is 33.4 Å². The molecule has 1 heterocycles. The summed E-state index contributed by atoms with van der Waals surface area (Å²) in [5.41, 5.74) is 21.5. The number of para-hydroxylation sites is 2. The van der Waals surface area contributed by atoms with Crippen LogP contribution in [0.25, 0.3) is 0 Å². The number of allylic oxidation sites excluding steroid dienone is 8. The van der Waals surface area contributed by atoms with Crippen LogP contribution in [-0.4, -0.2) is 33.4 Å². The number of anilines is 2. The quantitative estimate of drug-likeness (QED) is 0.305. The van der Waals surface area contributed by atoms with Gasteiger partial charge in [0.25, 0.3) is 0 Å². The van der Waals surface area contributed by atoms with Crippen LogP contribution in [0, 0.1) is 27.7 Å². The van der Waals surface area contributed by atoms with Crippen LogP contribution in [0.1, 0.15) is 91.5 Å². The van der Waals surface area contributed by atoms with Crippen molar-refractivity contribution in [2.24, 2.45) is 0 Å². The summed E-state index contributed by atoms with van der Waals surface area (Å²) in [6.07, 6.45) is 0. The summed E-state index contributed by atoms with van der Waals surface area (Å²) in [4.78, 5) is 0. The van der Waals surface area contributed by atoms with Crippen molar-refractivity contribution < 1.29 is 0 Å². The van der Waals surface area contributed by atoms with E-state index in [4.69, 9.17) is 0 Å². The van der Waals surface area contributed by atoms with Gasteiger partial charge in [-0.05, 0) is 0 Å². The molecule has 0 spiro atoms. The maximum atomic E-state index is 3.22. The van der Waals surface area contributed by atoms with E-state index in [-0.39, 0.29) is 7.94 Å². The van der Waals surface area contributed by atoms with E-state index in [2.05, 4.69) is 138 Å². The molecule has 3 aliphatic rings. The van der Waals surface area contributed by atoms with Crippen molar-refractivity contribution in [2.75, 3.05) is 4.63 Å². The minimum atomic E-state index is -2.54. The molecular formula is C36H48Ga2N2. The average molecular weight is 648 g/mol. The summed E-state index contributed by atoms with van der Waals surface area (Å²) in [5.74, 6) is 0. The number of nitrogens with zero attached hydrogens (tertiary/aromatic N) is 2. The van der Waals surface area contributed by atoms with Gasteiger partial charge in [0.15, 0.2) is 0 Å². The van der Waals surface area contributed by atoms with Gasteiger partial charge in [0.2, 0.25) is 0 Å². The van der Waals surface area contributed by atoms with Gasteiger partial charge in [0.1, 0.15) is 0 Å². The van der Waals surface area contributed by atoms with Gasteiger partial charge in [-0.15, -0.1) is 0 Å². The first-order valence-electron chi connectivity index (χ1n) is 15.0. The van der Waals surface area contributed by atoms with Gasteiger partial charge < -0.3 is 0 Å². The van der Waals surface area contributed by atoms with Crippen LogP contribution in [0.2, 0.25) is 7.94 Å². The normalized spacial score (nSPS) is 20.6. The van der Waals surface area contributed by atoms with Crippen LogP contribution in [0.15, 0.2) is 81.0 Å². The Morgan fingerprint density at radius 2 is 0.650 bits per heavy atom. The molecule has 208 valence electrons. The van der Waals surface area contributed by atoms with Crippen molar-refractivity contribution in [3.8, 4) is 0 Å². The van der Waals surface area contributed by atoms with E-state index in [9.17, 15) is 0 Å². The van der Waals surface area contributed by atoms with E-state index in [1.54, 1.807) is 33.7 Å². The third kappa shape index (κ3) is 3.71. The van der Waals surface area contributed by atoms with E-state index in [0.29, 0.717) is 0 Å². The molecule has 0 radical (unpaired) electrons. The molecule has 0 unspecified atom stereocenters. The number of hydrogen-bond donors (Lipinski definition) is 0. The Morgan fingerprint density at radius 1 is 0.425 bits per heavy atom. The van der Waals surface area contributed by atoms with Gasteiger partial charge in [0, 0.05) is 0 Å². The summed E-state index contributed by atoms with van der Waals surface area (Å²) in [7, 11) is 0. The van der Waals surface area contributed by atoms with Crippen molar-refractivity contribution in [3.63, 3.8) is 0 Å². The van der Waals surface area contributed by atoms with Gasteiger partial charge in [0.05, 0.1) is 0 Å². The van der Waals surface area contributed by atoms with Gasteiger partial charge in [-0.2, -0.15) is 0 Å². The zero-order chi connectivity index (χ0) is 29.6. The molecular weight excluding hydrogens is 600 g/mol. The van der Waals surface area contributed by atoms with E-state index in [1.807, 2.05) is 0 Å². The fourth-order valence-corrected chi connectivity index (χ4v) is 47.6. The molecule has 2 aliphatic carbocycles. The second kappa shape index (κ2) is 9.93. The Bertz CT molecular complexity index is 1350. The zero-order valence-corrected chi connectivity index (χ0v) is 32.4. The number of hydrogen-bond acceptors (Lipinski definition) is 2. The predicted octanol–water partition coefficient (Wildman–Crippen LogP) is 10.1. The summed E-state index contributed by atoms with van der Waals surface area (Å²) < 4.78 is 6.66. The molecule has 0 bridgehead atoms. The number of rotatable bonds is 4. The molecule has 1 aliphatic heterocycles. The molecule has 2 aromatic rings. The SMILES string of the molecule is CC1=C(C)[C](C)([Ga]2[N](c3c(C)cccc3C)[Ga]([C]3(C)C(C)=C(C)C(C)=C3C)[N]2c2c(C)cccc2C)C(C)=C1C. The first kappa shape index (κ1) is 29.8. The summed E-state index contributed by atoms with van der Waals surface area (Å²) in [5, 5.41) is 0. The predicted molar refractivity (Wildman–Crippen MR) is 179 cm³/mol. The van der Waals surface area contributed by atoms with Crippen LogP contribution >= 0.6 is 0 Å². The van der Waals surface area contributed by atoms with Crippen LogP contribution in [0.3, 0.4) is 0 Å². The molecule has 0 atom stereocenters. The molecule has 4 heteroatoms. The monoisotopic (exact) mass is 646 g/mol. The fourth-order valence-electron chi connectivity index (χ4n) is 8.51. The van der Waals surface area contributed by atoms with Crippen molar-refractivity contribution in [2.45, 2.75) is 105 Å². The molecule has 0 amide bonds. The summed E-state index contributed by atoms with van der Waals surface area (Å²) in [6, 6.07) is 14.0. The second-order valence-electron chi connectivity index (χ2n) is 13.4. The molecule has 2 nitrogen and oxygen atoms in total. The van der Waals surface area contributed by atoms with Gasteiger partial charge in [-0.3, -0.25) is 0 Å². The fraction of sp³-hybridized carbons (Fsp3) is 0.444. The Kier molecular flexibility index (Phi) is 7.39. The standard InChI is InChI=1S/2C10H15.2C8H9N.2Ga/c2*1-6-7(2)9(4)10(5)8(6)3;2*1-6-4-3-5-7(2)8(6)9;;/h2*1-5H3;2*3-5H,1-2H3;;. The molecule has 0 saturated carbocycles. The topological polar surface area (TPSA) is 6.48 Å². The first-order chi connectivity index (χ1) is 18.6. The Morgan fingerprint density at radius 3 is 0.875 bits per heavy atom. The van der Waals surface area contributed by atoms with Crippen molar-refractivity contribution in [1.82, 2.24) is 0 Å². The molecule has 5 rings (SSSR count). The second-order valence-corrected chi connectivity index (χ2v) is 31.3. The van der Waals surface area contributed by atoms with Crippen molar-refractivity contribution >= 4 is 44.8 Å². The zero-order valence-electron chi connectivity index (χ0n) is 27.5. The molecule has 1 fully saturated rings. The van der Waals surface area contributed by atoms with Crippen LogP contribution < -0.4 is 4.63 Å². The molecule has 0 N–H and O–H groups in total. The van der Waals surface area contributed by atoms with E-state index >= 15 is 0 Å². The van der Waals surface area contributed by atoms with Crippen molar-refractivity contribution in [1.29, 1.82) is 0 Å². The minimum absolute atomic E-state index is 0.112. The maximum absolute atomic E-state index is 3.22. The molecule has 0 aromatic heterocycles. The molecule has 2 aromatic carbocycles. The van der Waals surface area contributed by atoms with Gasteiger partial charge in [-0.1, -0.05) is 0 Å². The molecule has 1 saturated heterocycles. The van der Waals surface area contributed by atoms with E-state index in [0.717, 1.165) is 0 Å². The average Bonchev–Trinajstić information content (AvgIpc) is 3.13. The van der Waals surface area contributed by atoms with Crippen LogP contribution in [-0.2, 0) is 0 Å². The Hall–Kier alpha value is -1.73. The third-order valence-corrected chi connectivity index (χ3v) is 38.8. The molecule has 40 heavy (non-hydrogen) atoms. The third-order valence-electron chi connectivity index (χ3n) is 12.0. The van der Waals surface area contributed by atoms with Crippen molar-refractivity contribution in [3.05, 3.63) is 103 Å². The van der Waals surface area contributed by atoms with Crippen LogP contribution in [0.4, 0.5) is 11.4 Å². The van der Waals surface area contributed by atoms with Gasteiger partial charge in [-0.25, -0.2) is 0 Å². The first-order valence-corrected chi connectivity index (χ1v) is 21.8. The number of benzene rings is 2. The Labute approximate surface area is 256 Å². The summed E-state index contributed by atoms with van der Waals surface area (Å²) in [6.45, 7) is 34.0. The Balaban J connectivity index is 1.91. The van der Waals surface area contributed by atoms with Gasteiger partial charge >= 0.3 is 258 Å². The number of aryl methyl sites for hydroxylation is 4. The summed E-state index contributed by atoms with van der Waals surface area (Å²) >= 11 is -5.08. The van der Waals surface area contributed by atoms with Crippen LogP contribution in [0.5, 0.6) is 0 Å². The van der Waals surface area contributed by atoms with E-state index in [1.165, 1.54) is 44.5 Å².